The summed E-state index contributed by atoms with van der Waals surface area (Å²) in [7, 11) is 0. The van der Waals surface area contributed by atoms with Crippen molar-refractivity contribution < 1.29 is 9.84 Å². The molecular formula is C18H27ClN2O2. The molecular weight excluding hydrogens is 312 g/mol. The number of hydrogen-bond donors (Lipinski definition) is 1. The van der Waals surface area contributed by atoms with Gasteiger partial charge in [0, 0.05) is 44.3 Å². The number of rotatable bonds is 8. The number of halogens is 1. The largest absolute Gasteiger partial charge is 0.389 e. The fourth-order valence-electron chi connectivity index (χ4n) is 3.09. The van der Waals surface area contributed by atoms with Crippen LogP contribution in [0.4, 0.5) is 0 Å². The Morgan fingerprint density at radius 3 is 2.52 bits per heavy atom. The summed E-state index contributed by atoms with van der Waals surface area (Å²) >= 11 is 6.09. The van der Waals surface area contributed by atoms with Crippen LogP contribution in [0.25, 0.3) is 0 Å². The Bertz CT molecular complexity index is 488. The second kappa shape index (κ2) is 8.45. The Morgan fingerprint density at radius 2 is 1.83 bits per heavy atom. The first-order valence-corrected chi connectivity index (χ1v) is 9.02. The van der Waals surface area contributed by atoms with Gasteiger partial charge in [-0.1, -0.05) is 29.8 Å². The molecule has 1 aliphatic heterocycles. The summed E-state index contributed by atoms with van der Waals surface area (Å²) in [6.45, 7) is 7.13. The first kappa shape index (κ1) is 17.2. The third-order valence-corrected chi connectivity index (χ3v) is 5.04. The molecule has 128 valence electrons. The Hall–Kier alpha value is -0.650. The van der Waals surface area contributed by atoms with Crippen molar-refractivity contribution in [2.75, 3.05) is 45.9 Å². The Balaban J connectivity index is 1.30. The van der Waals surface area contributed by atoms with Gasteiger partial charge in [-0.3, -0.25) is 4.90 Å². The monoisotopic (exact) mass is 338 g/mol. The molecule has 1 aromatic rings. The average molecular weight is 339 g/mol. The van der Waals surface area contributed by atoms with Crippen molar-refractivity contribution >= 4 is 11.6 Å². The van der Waals surface area contributed by atoms with E-state index in [0.29, 0.717) is 24.8 Å². The van der Waals surface area contributed by atoms with E-state index in [0.717, 1.165) is 37.7 Å². The van der Waals surface area contributed by atoms with Gasteiger partial charge in [0.2, 0.25) is 0 Å². The highest BCUT2D eigenvalue weighted by Gasteiger charge is 2.26. The summed E-state index contributed by atoms with van der Waals surface area (Å²) in [5.41, 5.74) is 0.968. The number of piperazine rings is 1. The van der Waals surface area contributed by atoms with Crippen LogP contribution in [-0.4, -0.2) is 66.9 Å². The summed E-state index contributed by atoms with van der Waals surface area (Å²) < 4.78 is 5.61. The van der Waals surface area contributed by atoms with Crippen LogP contribution >= 0.6 is 11.6 Å². The number of β-amino-alcohol motifs (C(OH)–C–C–N with tert-alkyl or cyclic N) is 1. The minimum atomic E-state index is -0.438. The standard InChI is InChI=1S/C18H27ClN2O2/c19-18-4-2-1-3-16(18)13-23-14-17(22)12-21-9-7-20(8-10-21)11-15-5-6-15/h1-4,15,17,22H,5-14H2. The quantitative estimate of drug-likeness (QED) is 0.788. The predicted octanol–water partition coefficient (Wildman–Crippen LogP) is 2.25. The second-order valence-corrected chi connectivity index (χ2v) is 7.21. The zero-order valence-corrected chi connectivity index (χ0v) is 14.4. The number of hydrogen-bond acceptors (Lipinski definition) is 4. The third kappa shape index (κ3) is 5.73. The maximum atomic E-state index is 10.2. The van der Waals surface area contributed by atoms with Gasteiger partial charge in [0.05, 0.1) is 19.3 Å². The lowest BCUT2D eigenvalue weighted by Crippen LogP contribution is -2.49. The summed E-state index contributed by atoms with van der Waals surface area (Å²) in [6.07, 6.45) is 2.40. The van der Waals surface area contributed by atoms with Crippen molar-refractivity contribution in [1.29, 1.82) is 0 Å². The molecule has 0 amide bonds. The van der Waals surface area contributed by atoms with Gasteiger partial charge >= 0.3 is 0 Å². The van der Waals surface area contributed by atoms with E-state index in [-0.39, 0.29) is 0 Å². The normalized spacial score (nSPS) is 21.5. The van der Waals surface area contributed by atoms with Crippen LogP contribution in [0.2, 0.25) is 5.02 Å². The molecule has 4 nitrogen and oxygen atoms in total. The smallest absolute Gasteiger partial charge is 0.0900 e. The number of benzene rings is 1. The molecule has 1 aliphatic carbocycles. The van der Waals surface area contributed by atoms with Crippen LogP contribution in [0.5, 0.6) is 0 Å². The first-order chi connectivity index (χ1) is 11.2. The molecule has 1 heterocycles. The number of ether oxygens (including phenoxy) is 1. The summed E-state index contributed by atoms with van der Waals surface area (Å²) in [5, 5.41) is 10.9. The summed E-state index contributed by atoms with van der Waals surface area (Å²) in [4.78, 5) is 4.90. The lowest BCUT2D eigenvalue weighted by atomic mass is 10.2. The highest BCUT2D eigenvalue weighted by atomic mass is 35.5. The lowest BCUT2D eigenvalue weighted by molar-refractivity contribution is 0.00117. The van der Waals surface area contributed by atoms with Gasteiger partial charge in [0.1, 0.15) is 0 Å². The molecule has 3 rings (SSSR count). The van der Waals surface area contributed by atoms with E-state index in [1.807, 2.05) is 24.3 Å². The minimum Gasteiger partial charge on any atom is -0.389 e. The number of aliphatic hydroxyl groups excluding tert-OH is 1. The molecule has 0 bridgehead atoms. The van der Waals surface area contributed by atoms with E-state index in [9.17, 15) is 5.11 Å². The second-order valence-electron chi connectivity index (χ2n) is 6.80. The minimum absolute atomic E-state index is 0.355. The van der Waals surface area contributed by atoms with E-state index in [2.05, 4.69) is 9.80 Å². The van der Waals surface area contributed by atoms with Crippen molar-refractivity contribution in [3.05, 3.63) is 34.9 Å². The van der Waals surface area contributed by atoms with Gasteiger partial charge in [-0.2, -0.15) is 0 Å². The predicted molar refractivity (Wildman–Crippen MR) is 92.7 cm³/mol. The fraction of sp³-hybridized carbons (Fsp3) is 0.667. The SMILES string of the molecule is OC(COCc1ccccc1Cl)CN1CCN(CC2CC2)CC1. The average Bonchev–Trinajstić information content (AvgIpc) is 3.35. The first-order valence-electron chi connectivity index (χ1n) is 8.64. The summed E-state index contributed by atoms with van der Waals surface area (Å²) in [5.74, 6) is 0.963. The van der Waals surface area contributed by atoms with Crippen molar-refractivity contribution in [2.45, 2.75) is 25.6 Å². The molecule has 1 N–H and O–H groups in total. The number of nitrogens with zero attached hydrogens (tertiary/aromatic N) is 2. The van der Waals surface area contributed by atoms with Crippen LogP contribution in [0.1, 0.15) is 18.4 Å². The van der Waals surface area contributed by atoms with Gasteiger partial charge in [-0.25, -0.2) is 0 Å². The maximum Gasteiger partial charge on any atom is 0.0900 e. The van der Waals surface area contributed by atoms with Gasteiger partial charge in [-0.05, 0) is 30.4 Å². The highest BCUT2D eigenvalue weighted by Crippen LogP contribution is 2.29. The lowest BCUT2D eigenvalue weighted by Gasteiger charge is -2.35. The van der Waals surface area contributed by atoms with E-state index >= 15 is 0 Å². The van der Waals surface area contributed by atoms with Crippen molar-refractivity contribution in [3.8, 4) is 0 Å². The van der Waals surface area contributed by atoms with E-state index in [1.165, 1.54) is 19.4 Å². The molecule has 1 saturated heterocycles. The molecule has 5 heteroatoms. The fourth-order valence-corrected chi connectivity index (χ4v) is 3.28. The zero-order chi connectivity index (χ0) is 16.1. The van der Waals surface area contributed by atoms with Crippen LogP contribution < -0.4 is 0 Å². The molecule has 0 spiro atoms. The maximum absolute atomic E-state index is 10.2. The van der Waals surface area contributed by atoms with Crippen molar-refractivity contribution in [1.82, 2.24) is 9.80 Å². The topological polar surface area (TPSA) is 35.9 Å². The third-order valence-electron chi connectivity index (χ3n) is 4.67. The Labute approximate surface area is 144 Å². The van der Waals surface area contributed by atoms with Crippen LogP contribution in [-0.2, 0) is 11.3 Å². The van der Waals surface area contributed by atoms with E-state index in [1.54, 1.807) is 0 Å². The van der Waals surface area contributed by atoms with Crippen molar-refractivity contribution in [3.63, 3.8) is 0 Å². The highest BCUT2D eigenvalue weighted by molar-refractivity contribution is 6.31. The van der Waals surface area contributed by atoms with Gasteiger partial charge in [0.25, 0.3) is 0 Å². The van der Waals surface area contributed by atoms with E-state index < -0.39 is 6.10 Å². The molecule has 2 fully saturated rings. The molecule has 0 radical (unpaired) electrons. The molecule has 23 heavy (non-hydrogen) atoms. The number of aliphatic hydroxyl groups is 1. The van der Waals surface area contributed by atoms with Crippen LogP contribution in [0, 0.1) is 5.92 Å². The molecule has 1 atom stereocenters. The molecule has 1 aromatic carbocycles. The zero-order valence-electron chi connectivity index (χ0n) is 13.7. The van der Waals surface area contributed by atoms with Gasteiger partial charge in [0.15, 0.2) is 0 Å². The molecule has 1 saturated carbocycles. The molecule has 1 unspecified atom stereocenters. The van der Waals surface area contributed by atoms with E-state index in [4.69, 9.17) is 16.3 Å². The van der Waals surface area contributed by atoms with Gasteiger partial charge in [-0.15, -0.1) is 0 Å². The summed E-state index contributed by atoms with van der Waals surface area (Å²) in [6, 6.07) is 7.66. The van der Waals surface area contributed by atoms with Crippen LogP contribution in [0.3, 0.4) is 0 Å². The Kier molecular flexibility index (Phi) is 6.31. The van der Waals surface area contributed by atoms with Crippen LogP contribution in [0.15, 0.2) is 24.3 Å². The van der Waals surface area contributed by atoms with Gasteiger partial charge < -0.3 is 14.7 Å². The molecule has 2 aliphatic rings. The van der Waals surface area contributed by atoms with Crippen molar-refractivity contribution in [2.24, 2.45) is 5.92 Å². The molecule has 0 aromatic heterocycles. The Morgan fingerprint density at radius 1 is 1.13 bits per heavy atom.